The van der Waals surface area contributed by atoms with Crippen LogP contribution in [0.2, 0.25) is 5.02 Å². The fourth-order valence-electron chi connectivity index (χ4n) is 2.29. The zero-order valence-corrected chi connectivity index (χ0v) is 14.1. The minimum atomic E-state index is -0.185. The molecule has 1 N–H and O–H groups in total. The highest BCUT2D eigenvalue weighted by Crippen LogP contribution is 2.16. The van der Waals surface area contributed by atoms with Crippen molar-refractivity contribution in [2.75, 3.05) is 7.05 Å². The summed E-state index contributed by atoms with van der Waals surface area (Å²) in [5.41, 5.74) is 2.43. The van der Waals surface area contributed by atoms with Crippen molar-refractivity contribution in [2.45, 2.75) is 19.5 Å². The molecule has 2 aromatic rings. The smallest absolute Gasteiger partial charge is 0.317 e. The summed E-state index contributed by atoms with van der Waals surface area (Å²) < 4.78 is 1.89. The summed E-state index contributed by atoms with van der Waals surface area (Å²) in [7, 11) is 3.62. The molecular weight excluding hydrogens is 312 g/mol. The van der Waals surface area contributed by atoms with E-state index in [-0.39, 0.29) is 12.1 Å². The van der Waals surface area contributed by atoms with Gasteiger partial charge >= 0.3 is 6.03 Å². The van der Waals surface area contributed by atoms with Gasteiger partial charge in [0.25, 0.3) is 0 Å². The maximum Gasteiger partial charge on any atom is 0.317 e. The first kappa shape index (κ1) is 16.9. The topological polar surface area (TPSA) is 61.1 Å². The second kappa shape index (κ2) is 7.21. The molecule has 0 aliphatic carbocycles. The van der Waals surface area contributed by atoms with Gasteiger partial charge in [-0.05, 0) is 30.7 Å². The summed E-state index contributed by atoms with van der Waals surface area (Å²) >= 11 is 5.96. The van der Waals surface area contributed by atoms with Gasteiger partial charge in [0.2, 0.25) is 0 Å². The van der Waals surface area contributed by atoms with E-state index in [0.717, 1.165) is 11.3 Å². The highest BCUT2D eigenvalue weighted by atomic mass is 35.5. The minimum Gasteiger partial charge on any atom is -0.351 e. The normalized spacial score (nSPS) is 11.6. The fraction of sp³-hybridized carbons (Fsp3) is 0.294. The highest BCUT2D eigenvalue weighted by molar-refractivity contribution is 6.30. The molecule has 6 heteroatoms. The molecule has 0 spiro atoms. The minimum absolute atomic E-state index is 0.183. The summed E-state index contributed by atoms with van der Waals surface area (Å²) in [5.74, 6) is 0. The Morgan fingerprint density at radius 1 is 1.48 bits per heavy atom. The van der Waals surface area contributed by atoms with Crippen LogP contribution in [0.3, 0.4) is 0 Å². The number of urea groups is 1. The first-order chi connectivity index (χ1) is 10.9. The molecule has 2 rings (SSSR count). The Morgan fingerprint density at radius 2 is 2.22 bits per heavy atom. The number of hydrogen-bond acceptors (Lipinski definition) is 2. The number of rotatable bonds is 4. The predicted molar refractivity (Wildman–Crippen MR) is 90.0 cm³/mol. The van der Waals surface area contributed by atoms with Crippen molar-refractivity contribution in [1.29, 1.82) is 5.26 Å². The lowest BCUT2D eigenvalue weighted by atomic mass is 10.1. The van der Waals surface area contributed by atoms with Crippen molar-refractivity contribution in [2.24, 2.45) is 7.05 Å². The molecule has 0 radical (unpaired) electrons. The van der Waals surface area contributed by atoms with Crippen LogP contribution in [0.1, 0.15) is 29.8 Å². The molecule has 23 heavy (non-hydrogen) atoms. The van der Waals surface area contributed by atoms with Gasteiger partial charge in [0.05, 0.1) is 29.2 Å². The van der Waals surface area contributed by atoms with Crippen molar-refractivity contribution in [3.63, 3.8) is 0 Å². The summed E-state index contributed by atoms with van der Waals surface area (Å²) in [5, 5.41) is 12.5. The molecule has 1 atom stereocenters. The molecule has 0 aliphatic rings. The lowest BCUT2D eigenvalue weighted by molar-refractivity contribution is 0.202. The molecule has 0 bridgehead atoms. The average molecular weight is 331 g/mol. The van der Waals surface area contributed by atoms with Crippen molar-refractivity contribution in [3.05, 3.63) is 58.4 Å². The van der Waals surface area contributed by atoms with Gasteiger partial charge in [0, 0.05) is 26.0 Å². The van der Waals surface area contributed by atoms with Crippen molar-refractivity contribution in [3.8, 4) is 6.07 Å². The van der Waals surface area contributed by atoms with Crippen molar-refractivity contribution < 1.29 is 4.79 Å². The molecule has 1 aromatic carbocycles. The van der Waals surface area contributed by atoms with E-state index in [2.05, 4.69) is 11.4 Å². The summed E-state index contributed by atoms with van der Waals surface area (Å²) in [4.78, 5) is 13.9. The predicted octanol–water partition coefficient (Wildman–Crippen LogP) is 3.45. The molecular formula is C17H19ClN4O. The number of nitriles is 1. The Kier molecular flexibility index (Phi) is 5.30. The van der Waals surface area contributed by atoms with E-state index in [0.29, 0.717) is 17.1 Å². The van der Waals surface area contributed by atoms with E-state index in [1.54, 1.807) is 30.3 Å². The van der Waals surface area contributed by atoms with E-state index in [9.17, 15) is 4.79 Å². The zero-order valence-electron chi connectivity index (χ0n) is 13.4. The average Bonchev–Trinajstić information content (AvgIpc) is 2.84. The highest BCUT2D eigenvalue weighted by Gasteiger charge is 2.15. The second-order valence-electron chi connectivity index (χ2n) is 5.53. The third kappa shape index (κ3) is 4.27. The van der Waals surface area contributed by atoms with Gasteiger partial charge in [-0.2, -0.15) is 5.26 Å². The van der Waals surface area contributed by atoms with Crippen LogP contribution in [-0.2, 0) is 13.6 Å². The zero-order chi connectivity index (χ0) is 17.0. The van der Waals surface area contributed by atoms with Gasteiger partial charge < -0.3 is 14.8 Å². The van der Waals surface area contributed by atoms with Crippen LogP contribution in [0.5, 0.6) is 0 Å². The van der Waals surface area contributed by atoms with E-state index in [4.69, 9.17) is 16.9 Å². The summed E-state index contributed by atoms with van der Waals surface area (Å²) in [6, 6.07) is 10.8. The number of nitrogens with one attached hydrogen (secondary N) is 1. The number of nitrogens with zero attached hydrogens (tertiary/aromatic N) is 3. The third-order valence-electron chi connectivity index (χ3n) is 3.68. The first-order valence-corrected chi connectivity index (χ1v) is 7.61. The van der Waals surface area contributed by atoms with Gasteiger partial charge in [0.15, 0.2) is 0 Å². The molecule has 0 fully saturated rings. The Bertz CT molecular complexity index is 747. The van der Waals surface area contributed by atoms with Gasteiger partial charge in [-0.1, -0.05) is 23.7 Å². The van der Waals surface area contributed by atoms with E-state index < -0.39 is 0 Å². The number of benzene rings is 1. The monoisotopic (exact) mass is 330 g/mol. The van der Waals surface area contributed by atoms with E-state index in [1.807, 2.05) is 36.7 Å². The van der Waals surface area contributed by atoms with Gasteiger partial charge in [-0.25, -0.2) is 4.79 Å². The lowest BCUT2D eigenvalue weighted by Crippen LogP contribution is -2.38. The number of carbonyl (C=O) groups is 1. The Balaban J connectivity index is 2.00. The van der Waals surface area contributed by atoms with Crippen LogP contribution in [0.4, 0.5) is 4.79 Å². The maximum atomic E-state index is 12.3. The molecule has 5 nitrogen and oxygen atoms in total. The van der Waals surface area contributed by atoms with Crippen LogP contribution in [0.15, 0.2) is 36.5 Å². The lowest BCUT2D eigenvalue weighted by Gasteiger charge is -2.22. The standard InChI is InChI=1S/C17H19ClN4O/c1-12(14-6-4-5-13(7-14)9-19)20-17(23)22(3)11-16-8-15(18)10-21(16)2/h4-8,10,12H,11H2,1-3H3,(H,20,23). The number of halogens is 1. The maximum absolute atomic E-state index is 12.3. The SMILES string of the molecule is CC(NC(=O)N(C)Cc1cc(Cl)cn1C)c1cccc(C#N)c1. The van der Waals surface area contributed by atoms with Crippen LogP contribution in [0, 0.1) is 11.3 Å². The number of amides is 2. The number of carbonyl (C=O) groups excluding carboxylic acids is 1. The summed E-state index contributed by atoms with van der Waals surface area (Å²) in [6.07, 6.45) is 1.80. The summed E-state index contributed by atoms with van der Waals surface area (Å²) in [6.45, 7) is 2.35. The number of aryl methyl sites for hydroxylation is 1. The Hall–Kier alpha value is -2.45. The van der Waals surface area contributed by atoms with E-state index in [1.165, 1.54) is 0 Å². The van der Waals surface area contributed by atoms with Crippen LogP contribution in [0.25, 0.3) is 0 Å². The van der Waals surface area contributed by atoms with Gasteiger partial charge in [-0.3, -0.25) is 0 Å². The fourth-order valence-corrected chi connectivity index (χ4v) is 2.57. The van der Waals surface area contributed by atoms with Gasteiger partial charge in [-0.15, -0.1) is 0 Å². The number of aromatic nitrogens is 1. The second-order valence-corrected chi connectivity index (χ2v) is 5.96. The first-order valence-electron chi connectivity index (χ1n) is 7.23. The molecule has 0 saturated heterocycles. The van der Waals surface area contributed by atoms with Crippen LogP contribution < -0.4 is 5.32 Å². The molecule has 1 aromatic heterocycles. The van der Waals surface area contributed by atoms with Gasteiger partial charge in [0.1, 0.15) is 0 Å². The van der Waals surface area contributed by atoms with Crippen LogP contribution in [-0.4, -0.2) is 22.5 Å². The Morgan fingerprint density at radius 3 is 2.83 bits per heavy atom. The molecule has 0 aliphatic heterocycles. The number of hydrogen-bond donors (Lipinski definition) is 1. The molecule has 2 amide bonds. The molecule has 120 valence electrons. The molecule has 1 heterocycles. The third-order valence-corrected chi connectivity index (χ3v) is 3.88. The van der Waals surface area contributed by atoms with E-state index >= 15 is 0 Å². The largest absolute Gasteiger partial charge is 0.351 e. The molecule has 0 saturated carbocycles. The van der Waals surface area contributed by atoms with Crippen molar-refractivity contribution in [1.82, 2.24) is 14.8 Å². The van der Waals surface area contributed by atoms with Crippen molar-refractivity contribution >= 4 is 17.6 Å². The van der Waals surface area contributed by atoms with Crippen LogP contribution >= 0.6 is 11.6 Å². The molecule has 1 unspecified atom stereocenters. The quantitative estimate of drug-likeness (QED) is 0.933. The Labute approximate surface area is 141 Å².